The molecule has 0 spiro atoms. The highest BCUT2D eigenvalue weighted by atomic mass is 32.2. The van der Waals surface area contributed by atoms with Crippen LogP contribution in [0, 0.1) is 11.3 Å². The van der Waals surface area contributed by atoms with E-state index in [4.69, 9.17) is 5.26 Å². The van der Waals surface area contributed by atoms with Crippen molar-refractivity contribution in [1.82, 2.24) is 0 Å². The first-order valence-electron chi connectivity index (χ1n) is 6.79. The topological polar surface area (TPSA) is 52.9 Å². The van der Waals surface area contributed by atoms with Crippen LogP contribution in [0.2, 0.25) is 0 Å². The third-order valence-electron chi connectivity index (χ3n) is 2.96. The summed E-state index contributed by atoms with van der Waals surface area (Å²) in [4.78, 5) is 14.4. The number of rotatable bonds is 6. The number of nitrogens with zero attached hydrogens (tertiary/aromatic N) is 1. The molecule has 2 rings (SSSR count). The second-order valence-electron chi connectivity index (χ2n) is 4.41. The Kier molecular flexibility index (Phi) is 6.38. The van der Waals surface area contributed by atoms with Crippen molar-refractivity contribution in [2.24, 2.45) is 0 Å². The molecule has 2 aromatic rings. The van der Waals surface area contributed by atoms with E-state index in [9.17, 15) is 4.79 Å². The number of para-hydroxylation sites is 1. The summed E-state index contributed by atoms with van der Waals surface area (Å²) in [5, 5.41) is 11.6. The van der Waals surface area contributed by atoms with Gasteiger partial charge in [-0.25, -0.2) is 0 Å². The van der Waals surface area contributed by atoms with E-state index in [0.29, 0.717) is 17.7 Å². The number of nitriles is 1. The summed E-state index contributed by atoms with van der Waals surface area (Å²) in [6.45, 7) is 0. The molecule has 0 aliphatic heterocycles. The minimum absolute atomic E-state index is 0.113. The zero-order valence-electron chi connectivity index (χ0n) is 12.2. The van der Waals surface area contributed by atoms with E-state index in [1.807, 2.05) is 54.8 Å². The molecule has 0 atom stereocenters. The van der Waals surface area contributed by atoms with E-state index in [0.717, 1.165) is 15.5 Å². The summed E-state index contributed by atoms with van der Waals surface area (Å²) in [5.74, 6) is 0.600. The Hall–Kier alpha value is -1.90. The monoisotopic (exact) mass is 328 g/mol. The number of carbonyl (C=O) groups is 1. The van der Waals surface area contributed by atoms with Crippen LogP contribution < -0.4 is 5.32 Å². The minimum Gasteiger partial charge on any atom is -0.321 e. The number of nitrogens with one attached hydrogen (secondary N) is 1. The average Bonchev–Trinajstić information content (AvgIpc) is 2.56. The van der Waals surface area contributed by atoms with Crippen molar-refractivity contribution in [3.63, 3.8) is 0 Å². The van der Waals surface area contributed by atoms with Crippen molar-refractivity contribution >= 4 is 35.1 Å². The summed E-state index contributed by atoms with van der Waals surface area (Å²) in [7, 11) is 0. The van der Waals surface area contributed by atoms with Crippen LogP contribution in [0.4, 0.5) is 5.69 Å². The summed E-state index contributed by atoms with van der Waals surface area (Å²) >= 11 is 3.13. The largest absolute Gasteiger partial charge is 0.321 e. The lowest BCUT2D eigenvalue weighted by molar-refractivity contribution is 0.102. The number of anilines is 1. The minimum atomic E-state index is -0.113. The van der Waals surface area contributed by atoms with Gasteiger partial charge in [0.05, 0.1) is 17.3 Å². The Morgan fingerprint density at radius 2 is 1.82 bits per heavy atom. The molecule has 0 saturated heterocycles. The highest BCUT2D eigenvalue weighted by Crippen LogP contribution is 2.28. The molecule has 22 heavy (non-hydrogen) atoms. The fourth-order valence-corrected chi connectivity index (χ4v) is 3.38. The molecular weight excluding hydrogens is 312 g/mol. The van der Waals surface area contributed by atoms with Crippen molar-refractivity contribution in [2.45, 2.75) is 16.2 Å². The van der Waals surface area contributed by atoms with Gasteiger partial charge in [-0.3, -0.25) is 4.79 Å². The molecule has 0 radical (unpaired) electrons. The van der Waals surface area contributed by atoms with Crippen molar-refractivity contribution in [2.75, 3.05) is 17.3 Å². The molecule has 112 valence electrons. The van der Waals surface area contributed by atoms with Crippen LogP contribution in [0.25, 0.3) is 0 Å². The molecule has 1 N–H and O–H groups in total. The van der Waals surface area contributed by atoms with Crippen LogP contribution >= 0.6 is 23.5 Å². The number of hydrogen-bond donors (Lipinski definition) is 1. The molecule has 0 aliphatic rings. The molecule has 0 bridgehead atoms. The first kappa shape index (κ1) is 16.5. The van der Waals surface area contributed by atoms with Crippen LogP contribution in [-0.2, 0) is 0 Å². The maximum Gasteiger partial charge on any atom is 0.256 e. The van der Waals surface area contributed by atoms with Crippen LogP contribution in [0.5, 0.6) is 0 Å². The SMILES string of the molecule is CSc1ccccc1C(=O)Nc1ccccc1SCCC#N. The Labute approximate surface area is 139 Å². The standard InChI is InChI=1S/C17H16N2OS2/c1-21-15-9-4-2-7-13(15)17(20)19-14-8-3-5-10-16(14)22-12-6-11-18/h2-5,7-10H,6,12H2,1H3,(H,19,20). The molecule has 0 heterocycles. The summed E-state index contributed by atoms with van der Waals surface area (Å²) in [5.41, 5.74) is 1.46. The molecule has 0 aliphatic carbocycles. The maximum absolute atomic E-state index is 12.5. The quantitative estimate of drug-likeness (QED) is 0.618. The summed E-state index contributed by atoms with van der Waals surface area (Å²) in [6.07, 6.45) is 2.44. The summed E-state index contributed by atoms with van der Waals surface area (Å²) < 4.78 is 0. The smallest absolute Gasteiger partial charge is 0.256 e. The van der Waals surface area contributed by atoms with Gasteiger partial charge in [0, 0.05) is 22.0 Å². The second-order valence-corrected chi connectivity index (χ2v) is 6.39. The number of carbonyl (C=O) groups excluding carboxylic acids is 1. The lowest BCUT2D eigenvalue weighted by atomic mass is 10.2. The predicted octanol–water partition coefficient (Wildman–Crippen LogP) is 4.67. The average molecular weight is 328 g/mol. The number of hydrogen-bond acceptors (Lipinski definition) is 4. The lowest BCUT2D eigenvalue weighted by Gasteiger charge is -2.12. The molecule has 1 amide bonds. The number of amides is 1. The second kappa shape index (κ2) is 8.52. The third-order valence-corrected chi connectivity index (χ3v) is 4.83. The van der Waals surface area contributed by atoms with E-state index in [-0.39, 0.29) is 5.91 Å². The van der Waals surface area contributed by atoms with Gasteiger partial charge >= 0.3 is 0 Å². The predicted molar refractivity (Wildman–Crippen MR) is 93.6 cm³/mol. The van der Waals surface area contributed by atoms with E-state index in [1.54, 1.807) is 23.5 Å². The van der Waals surface area contributed by atoms with Gasteiger partial charge in [-0.05, 0) is 30.5 Å². The third kappa shape index (κ3) is 4.30. The van der Waals surface area contributed by atoms with Gasteiger partial charge in [0.2, 0.25) is 0 Å². The van der Waals surface area contributed by atoms with Crippen molar-refractivity contribution < 1.29 is 4.79 Å². The fraction of sp³-hybridized carbons (Fsp3) is 0.176. The Morgan fingerprint density at radius 3 is 2.55 bits per heavy atom. The molecular formula is C17H16N2OS2. The van der Waals surface area contributed by atoms with E-state index < -0.39 is 0 Å². The highest BCUT2D eigenvalue weighted by Gasteiger charge is 2.12. The van der Waals surface area contributed by atoms with Crippen LogP contribution in [0.1, 0.15) is 16.8 Å². The lowest BCUT2D eigenvalue weighted by Crippen LogP contribution is -2.13. The van der Waals surface area contributed by atoms with Crippen molar-refractivity contribution in [1.29, 1.82) is 5.26 Å². The van der Waals surface area contributed by atoms with Gasteiger partial charge in [0.25, 0.3) is 5.91 Å². The van der Waals surface area contributed by atoms with E-state index in [1.165, 1.54) is 0 Å². The van der Waals surface area contributed by atoms with E-state index in [2.05, 4.69) is 11.4 Å². The van der Waals surface area contributed by atoms with Crippen molar-refractivity contribution in [3.8, 4) is 6.07 Å². The van der Waals surface area contributed by atoms with Gasteiger partial charge in [0.1, 0.15) is 0 Å². The Morgan fingerprint density at radius 1 is 1.14 bits per heavy atom. The molecule has 2 aromatic carbocycles. The van der Waals surface area contributed by atoms with Gasteiger partial charge < -0.3 is 5.32 Å². The Bertz CT molecular complexity index is 695. The number of benzene rings is 2. The highest BCUT2D eigenvalue weighted by molar-refractivity contribution is 7.99. The van der Waals surface area contributed by atoms with Gasteiger partial charge in [-0.2, -0.15) is 5.26 Å². The first-order chi connectivity index (χ1) is 10.8. The van der Waals surface area contributed by atoms with Crippen LogP contribution in [-0.4, -0.2) is 17.9 Å². The van der Waals surface area contributed by atoms with Gasteiger partial charge in [0.15, 0.2) is 0 Å². The Balaban J connectivity index is 2.16. The zero-order chi connectivity index (χ0) is 15.8. The van der Waals surface area contributed by atoms with Crippen molar-refractivity contribution in [3.05, 3.63) is 54.1 Å². The molecule has 0 aromatic heterocycles. The number of thioether (sulfide) groups is 2. The molecule has 0 saturated carbocycles. The van der Waals surface area contributed by atoms with E-state index >= 15 is 0 Å². The summed E-state index contributed by atoms with van der Waals surface area (Å²) in [6, 6.07) is 17.3. The van der Waals surface area contributed by atoms with Gasteiger partial charge in [-0.15, -0.1) is 23.5 Å². The molecule has 0 unspecified atom stereocenters. The fourth-order valence-electron chi connectivity index (χ4n) is 1.92. The van der Waals surface area contributed by atoms with Gasteiger partial charge in [-0.1, -0.05) is 24.3 Å². The molecule has 3 nitrogen and oxygen atoms in total. The molecule has 5 heteroatoms. The normalized spacial score (nSPS) is 10.0. The first-order valence-corrected chi connectivity index (χ1v) is 9.00. The maximum atomic E-state index is 12.5. The zero-order valence-corrected chi connectivity index (χ0v) is 13.8. The van der Waals surface area contributed by atoms with Crippen LogP contribution in [0.3, 0.4) is 0 Å². The molecule has 0 fully saturated rings. The van der Waals surface area contributed by atoms with Crippen LogP contribution in [0.15, 0.2) is 58.3 Å².